The Hall–Kier alpha value is -3.60. The van der Waals surface area contributed by atoms with E-state index in [0.29, 0.717) is 27.0 Å². The summed E-state index contributed by atoms with van der Waals surface area (Å²) in [6.45, 7) is 2.53. The van der Waals surface area contributed by atoms with Gasteiger partial charge < -0.3 is 8.98 Å². The van der Waals surface area contributed by atoms with Crippen LogP contribution in [-0.4, -0.2) is 18.9 Å². The van der Waals surface area contributed by atoms with Crippen LogP contribution in [-0.2, 0) is 16.6 Å². The summed E-state index contributed by atoms with van der Waals surface area (Å²) in [5.74, 6) is -0.730. The molecule has 2 N–H and O–H groups in total. The third kappa shape index (κ3) is 3.85. The first-order valence-corrected chi connectivity index (χ1v) is 12.8. The van der Waals surface area contributed by atoms with E-state index in [1.165, 1.54) is 18.2 Å². The molecule has 5 rings (SSSR count). The number of amides is 1. The van der Waals surface area contributed by atoms with Gasteiger partial charge in [0, 0.05) is 11.9 Å². The van der Waals surface area contributed by atoms with Crippen molar-refractivity contribution in [2.45, 2.75) is 24.8 Å². The van der Waals surface area contributed by atoms with Crippen molar-refractivity contribution in [1.29, 1.82) is 0 Å². The number of primary sulfonamides is 1. The number of carbonyl (C=O) groups excluding carboxylic acids is 1. The smallest absolute Gasteiger partial charge is 0.349 e. The molecular weight excluding hydrogens is 474 g/mol. The lowest BCUT2D eigenvalue weighted by molar-refractivity contribution is 0.0994. The van der Waals surface area contributed by atoms with Crippen molar-refractivity contribution in [3.05, 3.63) is 81.4 Å². The van der Waals surface area contributed by atoms with Gasteiger partial charge in [-0.3, -0.25) is 4.79 Å². The zero-order chi connectivity index (χ0) is 24.0. The van der Waals surface area contributed by atoms with Crippen LogP contribution in [0.15, 0.2) is 79.8 Å². The Bertz CT molecular complexity index is 1850. The maximum atomic E-state index is 13.1. The Morgan fingerprint density at radius 3 is 2.65 bits per heavy atom. The van der Waals surface area contributed by atoms with Gasteiger partial charge in [-0.25, -0.2) is 18.4 Å². The van der Waals surface area contributed by atoms with E-state index in [9.17, 15) is 18.0 Å². The van der Waals surface area contributed by atoms with E-state index in [1.54, 1.807) is 12.1 Å². The summed E-state index contributed by atoms with van der Waals surface area (Å²) in [4.78, 5) is 30.3. The predicted octanol–water partition coefficient (Wildman–Crippen LogP) is 3.76. The maximum absolute atomic E-state index is 13.1. The molecule has 0 aliphatic rings. The number of aryl methyl sites for hydroxylation is 1. The number of hydrogen-bond acceptors (Lipinski definition) is 6. The van der Waals surface area contributed by atoms with Crippen LogP contribution < -0.4 is 15.6 Å². The number of aromatic nitrogens is 1. The molecule has 172 valence electrons. The molecule has 5 aromatic rings. The summed E-state index contributed by atoms with van der Waals surface area (Å²) >= 11 is 1.15. The van der Waals surface area contributed by atoms with Crippen LogP contribution in [0.3, 0.4) is 0 Å². The zero-order valence-electron chi connectivity index (χ0n) is 18.0. The van der Waals surface area contributed by atoms with Gasteiger partial charge in [0.25, 0.3) is 5.91 Å². The van der Waals surface area contributed by atoms with Gasteiger partial charge in [-0.2, -0.15) is 4.99 Å². The molecule has 0 spiro atoms. The molecule has 2 heterocycles. The lowest BCUT2D eigenvalue weighted by Crippen LogP contribution is -2.19. The van der Waals surface area contributed by atoms with Crippen LogP contribution in [0.25, 0.3) is 32.0 Å². The molecule has 0 saturated carbocycles. The van der Waals surface area contributed by atoms with Crippen molar-refractivity contribution >= 4 is 59.2 Å². The van der Waals surface area contributed by atoms with Crippen LogP contribution in [0.4, 0.5) is 0 Å². The number of rotatable bonds is 4. The minimum atomic E-state index is -3.87. The average molecular weight is 494 g/mol. The lowest BCUT2D eigenvalue weighted by Gasteiger charge is -2.04. The van der Waals surface area contributed by atoms with Gasteiger partial charge >= 0.3 is 5.63 Å². The van der Waals surface area contributed by atoms with E-state index in [2.05, 4.69) is 4.99 Å². The molecule has 0 aliphatic heterocycles. The Morgan fingerprint density at radius 1 is 1.09 bits per heavy atom. The Balaban J connectivity index is 1.70. The fraction of sp³-hybridized carbons (Fsp3) is 0.125. The standard InChI is InChI=1S/C24H19N3O5S2/c1-2-11-27-19-9-8-15(34(25,30)31)12-21(19)33-24(27)26-22(28)18-13-17-16-6-4-3-5-14(16)7-10-20(17)32-23(18)29/h3-10,12-13H,2,11H2,1H3,(H2,25,30,31). The molecule has 8 nitrogen and oxygen atoms in total. The van der Waals surface area contributed by atoms with Gasteiger partial charge in [0.15, 0.2) is 4.80 Å². The summed E-state index contributed by atoms with van der Waals surface area (Å²) < 4.78 is 31.4. The van der Waals surface area contributed by atoms with Gasteiger partial charge in [-0.05, 0) is 47.5 Å². The highest BCUT2D eigenvalue weighted by Crippen LogP contribution is 2.25. The average Bonchev–Trinajstić information content (AvgIpc) is 3.14. The highest BCUT2D eigenvalue weighted by atomic mass is 32.2. The fourth-order valence-electron chi connectivity index (χ4n) is 3.92. The van der Waals surface area contributed by atoms with Crippen LogP contribution in [0.2, 0.25) is 0 Å². The van der Waals surface area contributed by atoms with E-state index in [-0.39, 0.29) is 10.5 Å². The lowest BCUT2D eigenvalue weighted by atomic mass is 10.0. The van der Waals surface area contributed by atoms with E-state index in [0.717, 1.165) is 34.0 Å². The zero-order valence-corrected chi connectivity index (χ0v) is 19.7. The quantitative estimate of drug-likeness (QED) is 0.301. The SMILES string of the molecule is CCCn1c(=NC(=O)c2cc3c(ccc4ccccc43)oc2=O)sc2cc(S(N)(=O)=O)ccc21. The highest BCUT2D eigenvalue weighted by molar-refractivity contribution is 7.89. The monoisotopic (exact) mass is 493 g/mol. The molecule has 34 heavy (non-hydrogen) atoms. The van der Waals surface area contributed by atoms with E-state index in [4.69, 9.17) is 9.56 Å². The first-order valence-electron chi connectivity index (χ1n) is 10.5. The van der Waals surface area contributed by atoms with Crippen LogP contribution in [0.5, 0.6) is 0 Å². The summed E-state index contributed by atoms with van der Waals surface area (Å²) in [5.41, 5.74) is 0.173. The van der Waals surface area contributed by atoms with Crippen LogP contribution >= 0.6 is 11.3 Å². The molecule has 0 aliphatic carbocycles. The molecule has 0 atom stereocenters. The first kappa shape index (κ1) is 22.2. The van der Waals surface area contributed by atoms with E-state index in [1.807, 2.05) is 41.8 Å². The number of nitrogens with zero attached hydrogens (tertiary/aromatic N) is 2. The van der Waals surface area contributed by atoms with Crippen molar-refractivity contribution in [3.8, 4) is 0 Å². The summed E-state index contributed by atoms with van der Waals surface area (Å²) in [7, 11) is -3.87. The summed E-state index contributed by atoms with van der Waals surface area (Å²) in [6.07, 6.45) is 0.758. The van der Waals surface area contributed by atoms with Gasteiger partial charge in [-0.15, -0.1) is 0 Å². The van der Waals surface area contributed by atoms with Crippen LogP contribution in [0.1, 0.15) is 23.7 Å². The summed E-state index contributed by atoms with van der Waals surface area (Å²) in [5, 5.41) is 7.71. The molecule has 0 radical (unpaired) electrons. The molecule has 2 aromatic heterocycles. The minimum Gasteiger partial charge on any atom is -0.422 e. The summed E-state index contributed by atoms with van der Waals surface area (Å²) in [6, 6.07) is 17.2. The molecule has 0 saturated heterocycles. The number of nitrogens with two attached hydrogens (primary N) is 1. The Kier molecular flexibility index (Phi) is 5.43. The fourth-order valence-corrected chi connectivity index (χ4v) is 5.63. The third-order valence-electron chi connectivity index (χ3n) is 5.50. The number of carbonyl (C=O) groups is 1. The Morgan fingerprint density at radius 2 is 1.88 bits per heavy atom. The number of hydrogen-bond donors (Lipinski definition) is 1. The molecule has 10 heteroatoms. The van der Waals surface area contributed by atoms with Crippen molar-refractivity contribution in [2.24, 2.45) is 10.1 Å². The van der Waals surface area contributed by atoms with Crippen LogP contribution in [0, 0.1) is 0 Å². The highest BCUT2D eigenvalue weighted by Gasteiger charge is 2.17. The predicted molar refractivity (Wildman–Crippen MR) is 131 cm³/mol. The molecular formula is C24H19N3O5S2. The molecule has 3 aromatic carbocycles. The van der Waals surface area contributed by atoms with Gasteiger partial charge in [-0.1, -0.05) is 48.6 Å². The molecule has 0 fully saturated rings. The number of sulfonamides is 1. The van der Waals surface area contributed by atoms with E-state index < -0.39 is 21.6 Å². The minimum absolute atomic E-state index is 0.0233. The van der Waals surface area contributed by atoms with E-state index >= 15 is 0 Å². The third-order valence-corrected chi connectivity index (χ3v) is 7.45. The van der Waals surface area contributed by atoms with Gasteiger partial charge in [0.1, 0.15) is 11.1 Å². The van der Waals surface area contributed by atoms with Gasteiger partial charge in [0.2, 0.25) is 10.0 Å². The Labute approximate surface area is 197 Å². The number of benzene rings is 3. The van der Waals surface area contributed by atoms with Crippen molar-refractivity contribution < 1.29 is 17.6 Å². The largest absolute Gasteiger partial charge is 0.422 e. The van der Waals surface area contributed by atoms with Gasteiger partial charge in [0.05, 0.1) is 15.1 Å². The van der Waals surface area contributed by atoms with Crippen molar-refractivity contribution in [1.82, 2.24) is 4.57 Å². The topological polar surface area (TPSA) is 125 Å². The second-order valence-corrected chi connectivity index (χ2v) is 10.3. The van der Waals surface area contributed by atoms with Crippen molar-refractivity contribution in [3.63, 3.8) is 0 Å². The second-order valence-electron chi connectivity index (χ2n) is 7.77. The second kappa shape index (κ2) is 8.32. The molecule has 0 bridgehead atoms. The molecule has 0 unspecified atom stereocenters. The molecule has 1 amide bonds. The first-order chi connectivity index (χ1) is 16.3. The maximum Gasteiger partial charge on any atom is 0.349 e. The van der Waals surface area contributed by atoms with Crippen molar-refractivity contribution in [2.75, 3.05) is 0 Å². The normalized spacial score (nSPS) is 12.7. The number of thiazole rings is 1. The number of fused-ring (bicyclic) bond motifs is 4.